The fraction of sp³-hybridized carbons (Fsp3) is 0.857. The van der Waals surface area contributed by atoms with Crippen molar-refractivity contribution in [3.05, 3.63) is 0 Å². The molecule has 0 radical (unpaired) electrons. The van der Waals surface area contributed by atoms with Crippen molar-refractivity contribution in [3.63, 3.8) is 0 Å². The molecule has 0 aromatic carbocycles. The quantitative estimate of drug-likeness (QED) is 0.835. The summed E-state index contributed by atoms with van der Waals surface area (Å²) < 4.78 is 0. The summed E-state index contributed by atoms with van der Waals surface area (Å²) >= 11 is 1.98. The second-order valence-electron chi connectivity index (χ2n) is 6.02. The summed E-state index contributed by atoms with van der Waals surface area (Å²) in [6, 6.07) is -0.0963. The number of nitrogens with one attached hydrogen (secondary N) is 1. The summed E-state index contributed by atoms with van der Waals surface area (Å²) in [6.45, 7) is 3.73. The number of likely N-dealkylation sites (tertiary alicyclic amines) is 1. The fourth-order valence-corrected chi connectivity index (χ4v) is 4.19. The van der Waals surface area contributed by atoms with Crippen molar-refractivity contribution in [2.75, 3.05) is 31.1 Å². The van der Waals surface area contributed by atoms with Gasteiger partial charge in [-0.2, -0.15) is 11.8 Å². The standard InChI is InChI=1S/C14H24N2O3S/c1-10-6-12(13(17)18)9-16(8-10)14(19)15-7-11-2-4-20-5-3-11/h10-12H,2-9H2,1H3,(H,15,19)(H,17,18). The van der Waals surface area contributed by atoms with Crippen LogP contribution < -0.4 is 5.32 Å². The lowest BCUT2D eigenvalue weighted by Gasteiger charge is -2.35. The van der Waals surface area contributed by atoms with Crippen molar-refractivity contribution < 1.29 is 14.7 Å². The lowest BCUT2D eigenvalue weighted by Crippen LogP contribution is -2.50. The van der Waals surface area contributed by atoms with Gasteiger partial charge in [-0.1, -0.05) is 6.92 Å². The number of piperidine rings is 1. The maximum absolute atomic E-state index is 12.2. The lowest BCUT2D eigenvalue weighted by molar-refractivity contribution is -0.143. The molecule has 2 saturated heterocycles. The van der Waals surface area contributed by atoms with Crippen molar-refractivity contribution in [2.45, 2.75) is 26.2 Å². The molecule has 0 aliphatic carbocycles. The van der Waals surface area contributed by atoms with E-state index >= 15 is 0 Å². The van der Waals surface area contributed by atoms with E-state index in [0.29, 0.717) is 25.4 Å². The number of carbonyl (C=O) groups excluding carboxylic acids is 1. The Morgan fingerprint density at radius 1 is 1.30 bits per heavy atom. The maximum Gasteiger partial charge on any atom is 0.317 e. The minimum absolute atomic E-state index is 0.0963. The number of hydrogen-bond acceptors (Lipinski definition) is 3. The van der Waals surface area contributed by atoms with Crippen molar-refractivity contribution >= 4 is 23.8 Å². The zero-order valence-electron chi connectivity index (χ0n) is 12.0. The average molecular weight is 300 g/mol. The molecule has 2 aliphatic heterocycles. The van der Waals surface area contributed by atoms with Crippen LogP contribution in [-0.2, 0) is 4.79 Å². The molecule has 2 amide bonds. The van der Waals surface area contributed by atoms with E-state index in [4.69, 9.17) is 5.11 Å². The molecule has 20 heavy (non-hydrogen) atoms. The smallest absolute Gasteiger partial charge is 0.317 e. The topological polar surface area (TPSA) is 69.6 Å². The second-order valence-corrected chi connectivity index (χ2v) is 7.25. The maximum atomic E-state index is 12.2. The number of urea groups is 1. The highest BCUT2D eigenvalue weighted by molar-refractivity contribution is 7.99. The van der Waals surface area contributed by atoms with Crippen LogP contribution in [0.1, 0.15) is 26.2 Å². The van der Waals surface area contributed by atoms with Crippen LogP contribution in [0.15, 0.2) is 0 Å². The zero-order chi connectivity index (χ0) is 14.5. The SMILES string of the molecule is CC1CC(C(=O)O)CN(C(=O)NCC2CCSCC2)C1. The number of carboxylic acids is 1. The number of hydrogen-bond donors (Lipinski definition) is 2. The van der Waals surface area contributed by atoms with E-state index in [2.05, 4.69) is 5.32 Å². The minimum atomic E-state index is -0.793. The van der Waals surface area contributed by atoms with E-state index in [1.54, 1.807) is 4.90 Å². The van der Waals surface area contributed by atoms with Crippen LogP contribution in [0.25, 0.3) is 0 Å². The van der Waals surface area contributed by atoms with Crippen LogP contribution in [0.5, 0.6) is 0 Å². The van der Waals surface area contributed by atoms with Gasteiger partial charge in [-0.15, -0.1) is 0 Å². The normalized spacial score (nSPS) is 28.1. The summed E-state index contributed by atoms with van der Waals surface area (Å²) in [7, 11) is 0. The molecule has 2 atom stereocenters. The third kappa shape index (κ3) is 4.30. The highest BCUT2D eigenvalue weighted by Gasteiger charge is 2.32. The third-order valence-corrected chi connectivity index (χ3v) is 5.23. The Bertz CT molecular complexity index is 358. The molecule has 2 heterocycles. The average Bonchev–Trinajstić information content (AvgIpc) is 2.45. The van der Waals surface area contributed by atoms with Gasteiger partial charge in [0, 0.05) is 19.6 Å². The molecule has 2 rings (SSSR count). The van der Waals surface area contributed by atoms with E-state index in [-0.39, 0.29) is 11.9 Å². The molecule has 2 N–H and O–H groups in total. The van der Waals surface area contributed by atoms with Crippen LogP contribution in [0, 0.1) is 17.8 Å². The largest absolute Gasteiger partial charge is 0.481 e. The third-order valence-electron chi connectivity index (χ3n) is 4.18. The number of nitrogens with zero attached hydrogens (tertiary/aromatic N) is 1. The summed E-state index contributed by atoms with van der Waals surface area (Å²) in [5.41, 5.74) is 0. The molecule has 5 nitrogen and oxygen atoms in total. The monoisotopic (exact) mass is 300 g/mol. The van der Waals surface area contributed by atoms with E-state index in [9.17, 15) is 9.59 Å². The number of aliphatic carboxylic acids is 1. The van der Waals surface area contributed by atoms with Crippen molar-refractivity contribution in [1.82, 2.24) is 10.2 Å². The van der Waals surface area contributed by atoms with E-state index in [0.717, 1.165) is 6.54 Å². The van der Waals surface area contributed by atoms with E-state index in [1.165, 1.54) is 24.3 Å². The molecule has 0 bridgehead atoms. The molecule has 2 unspecified atom stereocenters. The molecule has 2 fully saturated rings. The molecule has 0 spiro atoms. The Kier molecular flexibility index (Phi) is 5.57. The lowest BCUT2D eigenvalue weighted by atomic mass is 9.91. The van der Waals surface area contributed by atoms with Gasteiger partial charge in [0.25, 0.3) is 0 Å². The van der Waals surface area contributed by atoms with E-state index in [1.807, 2.05) is 18.7 Å². The first-order valence-corrected chi connectivity index (χ1v) is 8.55. The molecule has 114 valence electrons. The Balaban J connectivity index is 1.80. The van der Waals surface area contributed by atoms with Gasteiger partial charge in [0.05, 0.1) is 5.92 Å². The summed E-state index contributed by atoms with van der Waals surface area (Å²) in [4.78, 5) is 25.0. The van der Waals surface area contributed by atoms with Gasteiger partial charge in [-0.05, 0) is 42.6 Å². The predicted octanol–water partition coefficient (Wildman–Crippen LogP) is 1.88. The Hall–Kier alpha value is -0.910. The van der Waals surface area contributed by atoms with Gasteiger partial charge in [-0.3, -0.25) is 4.79 Å². The number of rotatable bonds is 3. The van der Waals surface area contributed by atoms with Gasteiger partial charge in [0.15, 0.2) is 0 Å². The van der Waals surface area contributed by atoms with Crippen LogP contribution in [0.4, 0.5) is 4.79 Å². The van der Waals surface area contributed by atoms with Crippen molar-refractivity contribution in [2.24, 2.45) is 17.8 Å². The number of thioether (sulfide) groups is 1. The number of carbonyl (C=O) groups is 2. The first-order valence-electron chi connectivity index (χ1n) is 7.39. The molecule has 6 heteroatoms. The minimum Gasteiger partial charge on any atom is -0.481 e. The van der Waals surface area contributed by atoms with Gasteiger partial charge in [-0.25, -0.2) is 4.79 Å². The van der Waals surface area contributed by atoms with Crippen molar-refractivity contribution in [1.29, 1.82) is 0 Å². The Morgan fingerprint density at radius 3 is 2.65 bits per heavy atom. The highest BCUT2D eigenvalue weighted by Crippen LogP contribution is 2.23. The van der Waals surface area contributed by atoms with Crippen LogP contribution in [0.3, 0.4) is 0 Å². The summed E-state index contributed by atoms with van der Waals surface area (Å²) in [6.07, 6.45) is 3.00. The Labute approximate surface area is 124 Å². The second kappa shape index (κ2) is 7.20. The number of amides is 2. The Morgan fingerprint density at radius 2 is 2.00 bits per heavy atom. The van der Waals surface area contributed by atoms with Gasteiger partial charge in [0.2, 0.25) is 0 Å². The van der Waals surface area contributed by atoms with Crippen LogP contribution >= 0.6 is 11.8 Å². The molecular weight excluding hydrogens is 276 g/mol. The van der Waals surface area contributed by atoms with Crippen molar-refractivity contribution in [3.8, 4) is 0 Å². The molecule has 2 aliphatic rings. The van der Waals surface area contributed by atoms with Gasteiger partial charge in [0.1, 0.15) is 0 Å². The van der Waals surface area contributed by atoms with E-state index < -0.39 is 11.9 Å². The molecular formula is C14H24N2O3S. The van der Waals surface area contributed by atoms with Crippen LogP contribution in [-0.4, -0.2) is 53.1 Å². The van der Waals surface area contributed by atoms with Gasteiger partial charge < -0.3 is 15.3 Å². The first kappa shape index (κ1) is 15.5. The summed E-state index contributed by atoms with van der Waals surface area (Å²) in [5, 5.41) is 12.1. The number of carboxylic acid groups (broad SMARTS) is 1. The zero-order valence-corrected chi connectivity index (χ0v) is 12.8. The van der Waals surface area contributed by atoms with Crippen LogP contribution in [0.2, 0.25) is 0 Å². The first-order chi connectivity index (χ1) is 9.56. The highest BCUT2D eigenvalue weighted by atomic mass is 32.2. The molecule has 0 saturated carbocycles. The summed E-state index contributed by atoms with van der Waals surface area (Å²) in [5.74, 6) is 1.98. The van der Waals surface area contributed by atoms with Gasteiger partial charge >= 0.3 is 12.0 Å². The predicted molar refractivity (Wildman–Crippen MR) is 79.9 cm³/mol. The fourth-order valence-electron chi connectivity index (χ4n) is 2.99. The molecule has 0 aromatic heterocycles. The molecule has 0 aromatic rings.